The molecule has 2 N–H and O–H groups in total. The van der Waals surface area contributed by atoms with E-state index in [0.717, 1.165) is 23.1 Å². The molecule has 0 aliphatic rings. The molecule has 1 unspecified atom stereocenters. The summed E-state index contributed by atoms with van der Waals surface area (Å²) in [6.45, 7) is 7.06. The van der Waals surface area contributed by atoms with E-state index in [-0.39, 0.29) is 6.04 Å². The fourth-order valence-corrected chi connectivity index (χ4v) is 2.74. The Morgan fingerprint density at radius 1 is 1.37 bits per heavy atom. The molecule has 0 fully saturated rings. The van der Waals surface area contributed by atoms with Crippen molar-refractivity contribution in [2.75, 3.05) is 0 Å². The van der Waals surface area contributed by atoms with Gasteiger partial charge in [-0.15, -0.1) is 0 Å². The van der Waals surface area contributed by atoms with Gasteiger partial charge >= 0.3 is 0 Å². The largest absolute Gasteiger partial charge is 0.324 e. The molecule has 0 aliphatic carbocycles. The monoisotopic (exact) mass is 321 g/mol. The van der Waals surface area contributed by atoms with Crippen molar-refractivity contribution in [1.29, 1.82) is 0 Å². The second-order valence-corrected chi connectivity index (χ2v) is 5.68. The zero-order chi connectivity index (χ0) is 14.0. The Bertz CT molecular complexity index is 575. The lowest BCUT2D eigenvalue weighted by molar-refractivity contribution is 0.586. The van der Waals surface area contributed by atoms with E-state index >= 15 is 0 Å². The van der Waals surface area contributed by atoms with Crippen LogP contribution < -0.4 is 5.73 Å². The van der Waals surface area contributed by atoms with Crippen LogP contribution in [0.3, 0.4) is 0 Å². The number of halogens is 1. The van der Waals surface area contributed by atoms with Gasteiger partial charge in [0.05, 0.1) is 15.9 Å². The lowest BCUT2D eigenvalue weighted by Gasteiger charge is -2.14. The van der Waals surface area contributed by atoms with Gasteiger partial charge in [-0.25, -0.2) is 0 Å². The molecule has 2 rings (SSSR count). The van der Waals surface area contributed by atoms with Crippen LogP contribution in [0, 0.1) is 13.8 Å². The Morgan fingerprint density at radius 3 is 2.74 bits per heavy atom. The van der Waals surface area contributed by atoms with Crippen molar-refractivity contribution in [2.45, 2.75) is 39.8 Å². The van der Waals surface area contributed by atoms with Gasteiger partial charge in [0.25, 0.3) is 0 Å². The van der Waals surface area contributed by atoms with Crippen molar-refractivity contribution in [3.63, 3.8) is 0 Å². The third-order valence-corrected chi connectivity index (χ3v) is 4.37. The Kier molecular flexibility index (Phi) is 4.42. The number of rotatable bonds is 4. The van der Waals surface area contributed by atoms with Crippen molar-refractivity contribution < 1.29 is 0 Å². The highest BCUT2D eigenvalue weighted by Gasteiger charge is 2.16. The van der Waals surface area contributed by atoms with Gasteiger partial charge in [-0.3, -0.25) is 4.68 Å². The summed E-state index contributed by atoms with van der Waals surface area (Å²) in [4.78, 5) is 0. The number of hydrogen-bond donors (Lipinski definition) is 1. The summed E-state index contributed by atoms with van der Waals surface area (Å²) < 4.78 is 3.10. The minimum atomic E-state index is -0.00222. The van der Waals surface area contributed by atoms with E-state index in [2.05, 4.69) is 59.1 Å². The molecule has 102 valence electrons. The molecule has 0 aliphatic heterocycles. The van der Waals surface area contributed by atoms with E-state index in [4.69, 9.17) is 5.73 Å². The predicted octanol–water partition coefficient (Wildman–Crippen LogP) is 3.52. The summed E-state index contributed by atoms with van der Waals surface area (Å²) in [6.07, 6.45) is 0.790. The van der Waals surface area contributed by atoms with Crippen LogP contribution in [-0.2, 0) is 13.0 Å². The molecule has 0 saturated heterocycles. The maximum atomic E-state index is 6.34. The minimum Gasteiger partial charge on any atom is -0.324 e. The van der Waals surface area contributed by atoms with Crippen LogP contribution in [0.1, 0.15) is 35.5 Å². The number of nitrogens with zero attached hydrogens (tertiary/aromatic N) is 2. The van der Waals surface area contributed by atoms with E-state index in [9.17, 15) is 0 Å². The molecule has 0 radical (unpaired) electrons. The highest BCUT2D eigenvalue weighted by Crippen LogP contribution is 2.25. The van der Waals surface area contributed by atoms with Crippen molar-refractivity contribution >= 4 is 15.9 Å². The van der Waals surface area contributed by atoms with Crippen LogP contribution in [0.2, 0.25) is 0 Å². The third-order valence-electron chi connectivity index (χ3n) is 3.34. The standard InChI is InChI=1S/C15H20BrN3/c1-4-19-14(15(16)11(3)18-19)9-13(17)12-7-5-6-10(2)8-12/h5-8,13H,4,9,17H2,1-3H3. The fourth-order valence-electron chi connectivity index (χ4n) is 2.29. The maximum Gasteiger partial charge on any atom is 0.0738 e. The van der Waals surface area contributed by atoms with Crippen molar-refractivity contribution in [3.8, 4) is 0 Å². The molecule has 1 heterocycles. The molecule has 3 nitrogen and oxygen atoms in total. The van der Waals surface area contributed by atoms with Gasteiger partial charge in [-0.2, -0.15) is 5.10 Å². The summed E-state index contributed by atoms with van der Waals surface area (Å²) in [6, 6.07) is 8.38. The Hall–Kier alpha value is -1.13. The smallest absolute Gasteiger partial charge is 0.0738 e. The highest BCUT2D eigenvalue weighted by atomic mass is 79.9. The molecule has 1 atom stereocenters. The zero-order valence-electron chi connectivity index (χ0n) is 11.7. The predicted molar refractivity (Wildman–Crippen MR) is 82.1 cm³/mol. The molecule has 0 spiro atoms. The Balaban J connectivity index is 2.26. The van der Waals surface area contributed by atoms with E-state index in [0.29, 0.717) is 0 Å². The van der Waals surface area contributed by atoms with Crippen molar-refractivity contribution in [3.05, 3.63) is 51.3 Å². The van der Waals surface area contributed by atoms with Crippen LogP contribution in [-0.4, -0.2) is 9.78 Å². The SMILES string of the molecule is CCn1nc(C)c(Br)c1CC(N)c1cccc(C)c1. The van der Waals surface area contributed by atoms with Gasteiger partial charge in [-0.1, -0.05) is 29.8 Å². The second kappa shape index (κ2) is 5.88. The average Bonchev–Trinajstić information content (AvgIpc) is 2.66. The number of aryl methyl sites for hydroxylation is 3. The van der Waals surface area contributed by atoms with E-state index < -0.39 is 0 Å². The van der Waals surface area contributed by atoms with Gasteiger partial charge in [0.15, 0.2) is 0 Å². The molecular weight excluding hydrogens is 302 g/mol. The molecule has 0 bridgehead atoms. The van der Waals surface area contributed by atoms with Crippen LogP contribution in [0.25, 0.3) is 0 Å². The first kappa shape index (κ1) is 14.3. The molecule has 1 aromatic carbocycles. The van der Waals surface area contributed by atoms with E-state index in [1.165, 1.54) is 16.8 Å². The first-order valence-corrected chi connectivity index (χ1v) is 7.36. The summed E-state index contributed by atoms with van der Waals surface area (Å²) in [7, 11) is 0. The van der Waals surface area contributed by atoms with Gasteiger partial charge < -0.3 is 5.73 Å². The van der Waals surface area contributed by atoms with Crippen LogP contribution in [0.4, 0.5) is 0 Å². The molecule has 4 heteroatoms. The molecule has 2 aromatic rings. The van der Waals surface area contributed by atoms with Crippen molar-refractivity contribution in [1.82, 2.24) is 9.78 Å². The fraction of sp³-hybridized carbons (Fsp3) is 0.400. The van der Waals surface area contributed by atoms with Crippen LogP contribution in [0.5, 0.6) is 0 Å². The van der Waals surface area contributed by atoms with E-state index in [1.54, 1.807) is 0 Å². The van der Waals surface area contributed by atoms with Crippen LogP contribution in [0.15, 0.2) is 28.7 Å². The van der Waals surface area contributed by atoms with Gasteiger partial charge in [-0.05, 0) is 42.3 Å². The first-order valence-electron chi connectivity index (χ1n) is 6.56. The summed E-state index contributed by atoms with van der Waals surface area (Å²) >= 11 is 3.62. The van der Waals surface area contributed by atoms with Crippen molar-refractivity contribution in [2.24, 2.45) is 5.73 Å². The maximum absolute atomic E-state index is 6.34. The lowest BCUT2D eigenvalue weighted by atomic mass is 10.0. The molecule has 0 saturated carbocycles. The summed E-state index contributed by atoms with van der Waals surface area (Å²) in [5, 5.41) is 4.51. The first-order chi connectivity index (χ1) is 9.02. The zero-order valence-corrected chi connectivity index (χ0v) is 13.2. The molecule has 1 aromatic heterocycles. The Labute approximate surface area is 122 Å². The third kappa shape index (κ3) is 3.07. The molecular formula is C15H20BrN3. The quantitative estimate of drug-likeness (QED) is 0.936. The Morgan fingerprint density at radius 2 is 2.11 bits per heavy atom. The van der Waals surface area contributed by atoms with Gasteiger partial charge in [0.2, 0.25) is 0 Å². The number of nitrogens with two attached hydrogens (primary N) is 1. The second-order valence-electron chi connectivity index (χ2n) is 4.89. The van der Waals surface area contributed by atoms with Crippen LogP contribution >= 0.6 is 15.9 Å². The number of aromatic nitrogens is 2. The van der Waals surface area contributed by atoms with E-state index in [1.807, 2.05) is 11.6 Å². The van der Waals surface area contributed by atoms with Gasteiger partial charge in [0, 0.05) is 19.0 Å². The average molecular weight is 322 g/mol. The molecule has 19 heavy (non-hydrogen) atoms. The topological polar surface area (TPSA) is 43.8 Å². The number of hydrogen-bond acceptors (Lipinski definition) is 2. The lowest BCUT2D eigenvalue weighted by Crippen LogP contribution is -2.16. The normalized spacial score (nSPS) is 12.7. The minimum absolute atomic E-state index is 0.00222. The summed E-state index contributed by atoms with van der Waals surface area (Å²) in [5.41, 5.74) is 10.9. The highest BCUT2D eigenvalue weighted by molar-refractivity contribution is 9.10. The summed E-state index contributed by atoms with van der Waals surface area (Å²) in [5.74, 6) is 0. The molecule has 0 amide bonds. The van der Waals surface area contributed by atoms with Gasteiger partial charge in [0.1, 0.15) is 0 Å². The number of benzene rings is 1.